The Morgan fingerprint density at radius 1 is 1.70 bits per heavy atom. The molecule has 0 aliphatic heterocycles. The van der Waals surface area contributed by atoms with Gasteiger partial charge in [0, 0.05) is 19.9 Å². The molecule has 0 aromatic rings. The zero-order chi connectivity index (χ0) is 8.20. The van der Waals surface area contributed by atoms with Crippen LogP contribution in [0.5, 0.6) is 0 Å². The quantitative estimate of drug-likeness (QED) is 0.669. The summed E-state index contributed by atoms with van der Waals surface area (Å²) in [6, 6.07) is 0. The molecule has 0 rings (SSSR count). The van der Waals surface area contributed by atoms with Gasteiger partial charge in [0.05, 0.1) is 0 Å². The van der Waals surface area contributed by atoms with Crippen molar-refractivity contribution in [3.63, 3.8) is 0 Å². The zero-order valence-electron chi connectivity index (χ0n) is 5.46. The Morgan fingerprint density at radius 2 is 2.20 bits per heavy atom. The van der Waals surface area contributed by atoms with Crippen LogP contribution >= 0.6 is 23.2 Å². The van der Waals surface area contributed by atoms with Crippen LogP contribution in [0.25, 0.3) is 0 Å². The van der Waals surface area contributed by atoms with Gasteiger partial charge in [0.2, 0.25) is 5.91 Å². The molecular weight excluding hydrogens is 180 g/mol. The van der Waals surface area contributed by atoms with E-state index in [2.05, 4.69) is 5.32 Å². The van der Waals surface area contributed by atoms with Crippen LogP contribution in [-0.2, 0) is 4.79 Å². The minimum atomic E-state index is -2.23. The van der Waals surface area contributed by atoms with Gasteiger partial charge in [0.15, 0.2) is 0 Å². The molecule has 0 saturated carbocycles. The van der Waals surface area contributed by atoms with Crippen LogP contribution in [0, 0.1) is 0 Å². The second-order valence-corrected chi connectivity index (χ2v) is 3.24. The van der Waals surface area contributed by atoms with Crippen molar-refractivity contribution in [2.45, 2.75) is 17.9 Å². The number of hydrogen-bond donors (Lipinski definition) is 1. The lowest BCUT2D eigenvalue weighted by atomic mass is 10.4. The number of carbonyl (C=O) groups excluding carboxylic acids is 1. The second-order valence-electron chi connectivity index (χ2n) is 1.85. The van der Waals surface area contributed by atoms with Gasteiger partial charge in [-0.1, -0.05) is 23.2 Å². The molecule has 1 N–H and O–H groups in total. The number of amides is 1. The molecule has 60 valence electrons. The molecule has 0 aliphatic rings. The molecule has 0 radical (unpaired) electrons. The Hall–Kier alpha value is -0.0200. The van der Waals surface area contributed by atoms with Crippen molar-refractivity contribution in [3.8, 4) is 0 Å². The first-order valence-corrected chi connectivity index (χ1v) is 3.48. The van der Waals surface area contributed by atoms with Gasteiger partial charge in [0.1, 0.15) is 0 Å². The van der Waals surface area contributed by atoms with E-state index in [0.717, 1.165) is 0 Å². The molecule has 1 amide bonds. The van der Waals surface area contributed by atoms with E-state index >= 15 is 0 Å². The number of carbonyl (C=O) groups is 1. The third-order valence-electron chi connectivity index (χ3n) is 0.782. The van der Waals surface area contributed by atoms with Crippen molar-refractivity contribution in [2.75, 3.05) is 6.54 Å². The maximum absolute atomic E-state index is 12.2. The fourth-order valence-electron chi connectivity index (χ4n) is 0.380. The van der Waals surface area contributed by atoms with Crippen molar-refractivity contribution in [3.05, 3.63) is 0 Å². The van der Waals surface area contributed by atoms with Crippen LogP contribution in [0.4, 0.5) is 4.39 Å². The highest BCUT2D eigenvalue weighted by atomic mass is 35.5. The molecule has 0 atom stereocenters. The van der Waals surface area contributed by atoms with Gasteiger partial charge in [-0.05, 0) is 0 Å². The summed E-state index contributed by atoms with van der Waals surface area (Å²) in [5.41, 5.74) is 0. The van der Waals surface area contributed by atoms with Crippen molar-refractivity contribution in [2.24, 2.45) is 0 Å². The number of halogens is 3. The molecule has 0 fully saturated rings. The summed E-state index contributed by atoms with van der Waals surface area (Å²) >= 11 is 9.93. The van der Waals surface area contributed by atoms with Gasteiger partial charge in [-0.25, -0.2) is 4.39 Å². The Kier molecular flexibility index (Phi) is 3.98. The number of rotatable bonds is 3. The van der Waals surface area contributed by atoms with Gasteiger partial charge in [-0.15, -0.1) is 0 Å². The summed E-state index contributed by atoms with van der Waals surface area (Å²) in [6.45, 7) is 1.49. The van der Waals surface area contributed by atoms with Crippen LogP contribution in [-0.4, -0.2) is 17.0 Å². The molecule has 0 saturated heterocycles. The summed E-state index contributed by atoms with van der Waals surface area (Å²) in [4.78, 5) is 10.2. The Morgan fingerprint density at radius 3 is 2.50 bits per heavy atom. The zero-order valence-corrected chi connectivity index (χ0v) is 6.97. The van der Waals surface area contributed by atoms with Crippen molar-refractivity contribution >= 4 is 29.1 Å². The highest BCUT2D eigenvalue weighted by Gasteiger charge is 2.20. The summed E-state index contributed by atoms with van der Waals surface area (Å²) in [6.07, 6.45) is -0.101. The van der Waals surface area contributed by atoms with Gasteiger partial charge < -0.3 is 5.32 Å². The van der Waals surface area contributed by atoms with Crippen molar-refractivity contribution in [1.82, 2.24) is 5.32 Å². The number of nitrogens with one attached hydrogen (secondary N) is 1. The van der Waals surface area contributed by atoms with Gasteiger partial charge >= 0.3 is 0 Å². The van der Waals surface area contributed by atoms with E-state index < -0.39 is 4.59 Å². The maximum Gasteiger partial charge on any atom is 0.258 e. The molecule has 10 heavy (non-hydrogen) atoms. The first kappa shape index (κ1) is 9.98. The monoisotopic (exact) mass is 187 g/mol. The fourth-order valence-corrected chi connectivity index (χ4v) is 0.569. The van der Waals surface area contributed by atoms with Crippen LogP contribution in [0.15, 0.2) is 0 Å². The SMILES string of the molecule is CC(=O)NCCC(F)(Cl)Cl. The average Bonchev–Trinajstić information content (AvgIpc) is 1.59. The molecule has 0 unspecified atom stereocenters. The van der Waals surface area contributed by atoms with E-state index in [0.29, 0.717) is 0 Å². The molecule has 0 heterocycles. The Bertz CT molecular complexity index is 123. The van der Waals surface area contributed by atoms with Crippen LogP contribution < -0.4 is 5.32 Å². The highest BCUT2D eigenvalue weighted by Crippen LogP contribution is 2.25. The van der Waals surface area contributed by atoms with Crippen molar-refractivity contribution < 1.29 is 9.18 Å². The maximum atomic E-state index is 12.2. The van der Waals surface area contributed by atoms with E-state index in [1.807, 2.05) is 0 Å². The standard InChI is InChI=1S/C5H8Cl2FNO/c1-4(10)9-3-2-5(6,7)8/h2-3H2,1H3,(H,9,10). The third-order valence-corrected chi connectivity index (χ3v) is 1.16. The molecule has 0 spiro atoms. The minimum Gasteiger partial charge on any atom is -0.356 e. The smallest absolute Gasteiger partial charge is 0.258 e. The second kappa shape index (κ2) is 3.98. The summed E-state index contributed by atoms with van der Waals surface area (Å²) < 4.78 is 9.99. The summed E-state index contributed by atoms with van der Waals surface area (Å²) in [7, 11) is 0. The van der Waals surface area contributed by atoms with Crippen LogP contribution in [0.1, 0.15) is 13.3 Å². The van der Waals surface area contributed by atoms with Gasteiger partial charge in [-0.2, -0.15) is 0 Å². The summed E-state index contributed by atoms with van der Waals surface area (Å²) in [5, 5.41) is 2.35. The Balaban J connectivity index is 3.29. The molecule has 2 nitrogen and oxygen atoms in total. The van der Waals surface area contributed by atoms with Crippen LogP contribution in [0.3, 0.4) is 0 Å². The first-order chi connectivity index (χ1) is 4.42. The van der Waals surface area contributed by atoms with E-state index in [4.69, 9.17) is 23.2 Å². The summed E-state index contributed by atoms with van der Waals surface area (Å²) in [5.74, 6) is -0.224. The molecule has 5 heteroatoms. The number of alkyl halides is 3. The van der Waals surface area contributed by atoms with E-state index in [-0.39, 0.29) is 18.9 Å². The van der Waals surface area contributed by atoms with E-state index in [1.165, 1.54) is 6.92 Å². The third kappa shape index (κ3) is 7.98. The lowest BCUT2D eigenvalue weighted by Crippen LogP contribution is -2.24. The van der Waals surface area contributed by atoms with E-state index in [1.54, 1.807) is 0 Å². The largest absolute Gasteiger partial charge is 0.356 e. The van der Waals surface area contributed by atoms with Gasteiger partial charge in [-0.3, -0.25) is 4.79 Å². The number of hydrogen-bond acceptors (Lipinski definition) is 1. The lowest BCUT2D eigenvalue weighted by molar-refractivity contribution is -0.118. The average molecular weight is 188 g/mol. The van der Waals surface area contributed by atoms with E-state index in [9.17, 15) is 9.18 Å². The first-order valence-electron chi connectivity index (χ1n) is 2.73. The van der Waals surface area contributed by atoms with Crippen molar-refractivity contribution in [1.29, 1.82) is 0 Å². The molecule has 0 aliphatic carbocycles. The highest BCUT2D eigenvalue weighted by molar-refractivity contribution is 6.47. The minimum absolute atomic E-state index is 0.101. The predicted molar refractivity (Wildman–Crippen MR) is 38.8 cm³/mol. The predicted octanol–water partition coefficient (Wildman–Crippen LogP) is 1.61. The Labute approximate surface area is 68.7 Å². The molecule has 0 bridgehead atoms. The fraction of sp³-hybridized carbons (Fsp3) is 0.800. The molecule has 0 aromatic heterocycles. The lowest BCUT2D eigenvalue weighted by Gasteiger charge is -2.07. The topological polar surface area (TPSA) is 29.1 Å². The molecule has 0 aromatic carbocycles. The molecular formula is C5H8Cl2FNO. The van der Waals surface area contributed by atoms with Crippen LogP contribution in [0.2, 0.25) is 0 Å². The normalized spacial score (nSPS) is 11.2. The van der Waals surface area contributed by atoms with Gasteiger partial charge in [0.25, 0.3) is 4.59 Å².